The lowest BCUT2D eigenvalue weighted by molar-refractivity contribution is 0.184. The molecule has 1 atom stereocenters. The zero-order valence-electron chi connectivity index (χ0n) is 10.2. The van der Waals surface area contributed by atoms with Crippen LogP contribution in [0.3, 0.4) is 0 Å². The van der Waals surface area contributed by atoms with Crippen LogP contribution in [0.5, 0.6) is 0 Å². The van der Waals surface area contributed by atoms with Crippen molar-refractivity contribution >= 4 is 0 Å². The Labute approximate surface area is 98.7 Å². The summed E-state index contributed by atoms with van der Waals surface area (Å²) >= 11 is 0. The van der Waals surface area contributed by atoms with Crippen molar-refractivity contribution < 1.29 is 0 Å². The van der Waals surface area contributed by atoms with E-state index in [0.29, 0.717) is 6.04 Å². The van der Waals surface area contributed by atoms with E-state index in [-0.39, 0.29) is 0 Å². The first-order valence-electron chi connectivity index (χ1n) is 6.38. The van der Waals surface area contributed by atoms with Gasteiger partial charge in [-0.15, -0.1) is 0 Å². The molecule has 1 N–H and O–H groups in total. The highest BCUT2D eigenvalue weighted by atomic mass is 15.2. The van der Waals surface area contributed by atoms with E-state index >= 15 is 0 Å². The van der Waals surface area contributed by atoms with Crippen molar-refractivity contribution in [2.24, 2.45) is 0 Å². The number of likely N-dealkylation sites (tertiary alicyclic amines) is 1. The summed E-state index contributed by atoms with van der Waals surface area (Å²) < 4.78 is 0. The maximum atomic E-state index is 3.56. The van der Waals surface area contributed by atoms with Gasteiger partial charge in [-0.25, -0.2) is 0 Å². The first-order chi connectivity index (χ1) is 7.88. The van der Waals surface area contributed by atoms with Crippen LogP contribution in [0, 0.1) is 0 Å². The molecule has 2 heteroatoms. The van der Waals surface area contributed by atoms with E-state index < -0.39 is 0 Å². The molecule has 0 bridgehead atoms. The largest absolute Gasteiger partial charge is 0.313 e. The molecule has 88 valence electrons. The normalized spacial score (nSPS) is 22.2. The molecular weight excluding hydrogens is 196 g/mol. The van der Waals surface area contributed by atoms with Crippen molar-refractivity contribution in [1.29, 1.82) is 0 Å². The van der Waals surface area contributed by atoms with Crippen LogP contribution in [0.4, 0.5) is 0 Å². The van der Waals surface area contributed by atoms with Gasteiger partial charge in [-0.2, -0.15) is 0 Å². The minimum atomic E-state index is 0.697. The zero-order valence-corrected chi connectivity index (χ0v) is 10.2. The second-order valence-electron chi connectivity index (χ2n) is 4.62. The summed E-state index contributed by atoms with van der Waals surface area (Å²) in [5, 5.41) is 3.56. The molecule has 16 heavy (non-hydrogen) atoms. The highest BCUT2D eigenvalue weighted by Crippen LogP contribution is 2.13. The van der Waals surface area contributed by atoms with Crippen LogP contribution in [0.2, 0.25) is 0 Å². The Hall–Kier alpha value is -0.860. The highest BCUT2D eigenvalue weighted by Gasteiger charge is 2.18. The first-order valence-corrected chi connectivity index (χ1v) is 6.38. The second kappa shape index (κ2) is 6.02. The molecule has 0 aromatic heterocycles. The Morgan fingerprint density at radius 3 is 2.88 bits per heavy atom. The average molecular weight is 218 g/mol. The van der Waals surface area contributed by atoms with Gasteiger partial charge in [0.2, 0.25) is 0 Å². The molecular formula is C14H22N2. The predicted molar refractivity (Wildman–Crippen MR) is 68.4 cm³/mol. The van der Waals surface area contributed by atoms with E-state index in [1.165, 1.54) is 31.5 Å². The minimum Gasteiger partial charge on any atom is -0.313 e. The molecule has 0 saturated carbocycles. The molecule has 0 aliphatic carbocycles. The van der Waals surface area contributed by atoms with Crippen LogP contribution >= 0.6 is 0 Å². The summed E-state index contributed by atoms with van der Waals surface area (Å²) in [4.78, 5) is 2.56. The van der Waals surface area contributed by atoms with Crippen LogP contribution in [0.15, 0.2) is 30.3 Å². The van der Waals surface area contributed by atoms with E-state index in [2.05, 4.69) is 47.5 Å². The number of rotatable bonds is 4. The van der Waals surface area contributed by atoms with Gasteiger partial charge >= 0.3 is 0 Å². The summed E-state index contributed by atoms with van der Waals surface area (Å²) in [6.45, 7) is 6.82. The van der Waals surface area contributed by atoms with Gasteiger partial charge in [0.25, 0.3) is 0 Å². The molecule has 0 amide bonds. The molecule has 1 aliphatic rings. The number of nitrogens with one attached hydrogen (secondary N) is 1. The van der Waals surface area contributed by atoms with Gasteiger partial charge < -0.3 is 5.32 Å². The lowest BCUT2D eigenvalue weighted by Gasteiger charge is -2.33. The zero-order chi connectivity index (χ0) is 11.2. The van der Waals surface area contributed by atoms with Crippen LogP contribution in [0.1, 0.15) is 25.3 Å². The lowest BCUT2D eigenvalue weighted by Crippen LogP contribution is -2.45. The van der Waals surface area contributed by atoms with Gasteiger partial charge in [-0.05, 0) is 31.5 Å². The van der Waals surface area contributed by atoms with Crippen molar-refractivity contribution in [3.05, 3.63) is 35.9 Å². The van der Waals surface area contributed by atoms with E-state index in [0.717, 1.165) is 13.1 Å². The number of benzene rings is 1. The molecule has 2 rings (SSSR count). The number of likely N-dealkylation sites (N-methyl/N-ethyl adjacent to an activating group) is 1. The van der Waals surface area contributed by atoms with Crippen molar-refractivity contribution in [2.75, 3.05) is 19.6 Å². The third kappa shape index (κ3) is 3.32. The average Bonchev–Trinajstić information content (AvgIpc) is 2.31. The van der Waals surface area contributed by atoms with E-state index in [1.54, 1.807) is 0 Å². The first kappa shape index (κ1) is 11.6. The quantitative estimate of drug-likeness (QED) is 0.834. The Bertz CT molecular complexity index is 295. The molecule has 1 saturated heterocycles. The van der Waals surface area contributed by atoms with E-state index in [1.807, 2.05) is 0 Å². The number of piperidine rings is 1. The smallest absolute Gasteiger partial charge is 0.0234 e. The van der Waals surface area contributed by atoms with Crippen LogP contribution < -0.4 is 5.32 Å². The summed E-state index contributed by atoms with van der Waals surface area (Å²) in [7, 11) is 0. The van der Waals surface area contributed by atoms with Crippen molar-refractivity contribution in [3.8, 4) is 0 Å². The third-order valence-corrected chi connectivity index (χ3v) is 3.25. The molecule has 1 fully saturated rings. The lowest BCUT2D eigenvalue weighted by atomic mass is 10.0. The number of hydrogen-bond acceptors (Lipinski definition) is 2. The molecule has 1 aromatic rings. The SMILES string of the molecule is CCNC1CCCN(Cc2ccccc2)C1. The minimum absolute atomic E-state index is 0.697. The van der Waals surface area contributed by atoms with Crippen LogP contribution in [0.25, 0.3) is 0 Å². The second-order valence-corrected chi connectivity index (χ2v) is 4.62. The highest BCUT2D eigenvalue weighted by molar-refractivity contribution is 5.14. The molecule has 0 spiro atoms. The van der Waals surface area contributed by atoms with Crippen molar-refractivity contribution in [2.45, 2.75) is 32.4 Å². The van der Waals surface area contributed by atoms with Gasteiger partial charge in [0, 0.05) is 19.1 Å². The summed E-state index contributed by atoms with van der Waals surface area (Å²) in [5.74, 6) is 0. The summed E-state index contributed by atoms with van der Waals surface area (Å²) in [5.41, 5.74) is 1.43. The molecule has 0 radical (unpaired) electrons. The third-order valence-electron chi connectivity index (χ3n) is 3.25. The predicted octanol–water partition coefficient (Wildman–Crippen LogP) is 2.26. The van der Waals surface area contributed by atoms with Crippen molar-refractivity contribution in [1.82, 2.24) is 10.2 Å². The Balaban J connectivity index is 1.85. The Kier molecular flexibility index (Phi) is 4.37. The topological polar surface area (TPSA) is 15.3 Å². The fourth-order valence-electron chi connectivity index (χ4n) is 2.50. The van der Waals surface area contributed by atoms with E-state index in [9.17, 15) is 0 Å². The molecule has 1 heterocycles. The molecule has 2 nitrogen and oxygen atoms in total. The summed E-state index contributed by atoms with van der Waals surface area (Å²) in [6, 6.07) is 11.5. The fourth-order valence-corrected chi connectivity index (χ4v) is 2.50. The monoisotopic (exact) mass is 218 g/mol. The number of nitrogens with zero attached hydrogens (tertiary/aromatic N) is 1. The van der Waals surface area contributed by atoms with Gasteiger partial charge in [-0.1, -0.05) is 37.3 Å². The van der Waals surface area contributed by atoms with Gasteiger partial charge in [-0.3, -0.25) is 4.90 Å². The van der Waals surface area contributed by atoms with Crippen LogP contribution in [-0.4, -0.2) is 30.6 Å². The maximum absolute atomic E-state index is 3.56. The van der Waals surface area contributed by atoms with Gasteiger partial charge in [0.05, 0.1) is 0 Å². The Morgan fingerprint density at radius 2 is 2.12 bits per heavy atom. The van der Waals surface area contributed by atoms with Gasteiger partial charge in [0.15, 0.2) is 0 Å². The van der Waals surface area contributed by atoms with Gasteiger partial charge in [0.1, 0.15) is 0 Å². The van der Waals surface area contributed by atoms with Crippen LogP contribution in [-0.2, 0) is 6.54 Å². The summed E-state index contributed by atoms with van der Waals surface area (Å²) in [6.07, 6.45) is 2.66. The molecule has 1 unspecified atom stereocenters. The fraction of sp³-hybridized carbons (Fsp3) is 0.571. The molecule has 1 aromatic carbocycles. The van der Waals surface area contributed by atoms with Crippen molar-refractivity contribution in [3.63, 3.8) is 0 Å². The number of hydrogen-bond donors (Lipinski definition) is 1. The Morgan fingerprint density at radius 1 is 1.31 bits per heavy atom. The molecule has 1 aliphatic heterocycles. The maximum Gasteiger partial charge on any atom is 0.0234 e. The van der Waals surface area contributed by atoms with E-state index in [4.69, 9.17) is 0 Å². The standard InChI is InChI=1S/C14H22N2/c1-2-15-14-9-6-10-16(12-14)11-13-7-4-3-5-8-13/h3-5,7-8,14-15H,2,6,9-12H2,1H3.